The van der Waals surface area contributed by atoms with Gasteiger partial charge in [0.2, 0.25) is 0 Å². The summed E-state index contributed by atoms with van der Waals surface area (Å²) in [7, 11) is 0. The Labute approximate surface area is 182 Å². The van der Waals surface area contributed by atoms with Gasteiger partial charge < -0.3 is 10.0 Å². The number of imidazole rings is 1. The average Bonchev–Trinajstić information content (AvgIpc) is 3.07. The van der Waals surface area contributed by atoms with Gasteiger partial charge in [-0.2, -0.15) is 0 Å². The van der Waals surface area contributed by atoms with E-state index in [0.29, 0.717) is 11.6 Å². The van der Waals surface area contributed by atoms with Gasteiger partial charge in [0.05, 0.1) is 11.0 Å². The molecule has 0 fully saturated rings. The molecule has 0 saturated carbocycles. The SMILES string of the molecule is Cc1nc2cc(C(=O)N(CC(=O)O)Cc3cc(F)cc(F)c3)ccc2n1-c1ccccc1. The summed E-state index contributed by atoms with van der Waals surface area (Å²) in [5.74, 6) is -2.68. The number of halogens is 2. The first kappa shape index (κ1) is 21.2. The number of amides is 1. The molecule has 0 aliphatic rings. The number of carboxylic acids is 1. The molecule has 0 aliphatic heterocycles. The fourth-order valence-electron chi connectivity index (χ4n) is 3.70. The number of nitrogens with zero attached hydrogens (tertiary/aromatic N) is 3. The summed E-state index contributed by atoms with van der Waals surface area (Å²) in [6, 6.07) is 17.4. The van der Waals surface area contributed by atoms with Crippen molar-refractivity contribution in [2.24, 2.45) is 0 Å². The number of aliphatic carboxylic acids is 1. The van der Waals surface area contributed by atoms with Crippen molar-refractivity contribution in [3.63, 3.8) is 0 Å². The zero-order valence-corrected chi connectivity index (χ0v) is 17.1. The highest BCUT2D eigenvalue weighted by Gasteiger charge is 2.21. The van der Waals surface area contributed by atoms with E-state index in [1.807, 2.05) is 41.8 Å². The number of aromatic nitrogens is 2. The van der Waals surface area contributed by atoms with Crippen LogP contribution in [0.2, 0.25) is 0 Å². The molecule has 0 bridgehead atoms. The largest absolute Gasteiger partial charge is 0.480 e. The van der Waals surface area contributed by atoms with Crippen molar-refractivity contribution >= 4 is 22.9 Å². The van der Waals surface area contributed by atoms with Gasteiger partial charge in [-0.15, -0.1) is 0 Å². The number of hydrogen-bond acceptors (Lipinski definition) is 3. The lowest BCUT2D eigenvalue weighted by Gasteiger charge is -2.21. The van der Waals surface area contributed by atoms with Gasteiger partial charge in [0, 0.05) is 23.9 Å². The van der Waals surface area contributed by atoms with E-state index < -0.39 is 30.1 Å². The monoisotopic (exact) mass is 435 g/mol. The van der Waals surface area contributed by atoms with Crippen molar-refractivity contribution in [1.82, 2.24) is 14.5 Å². The van der Waals surface area contributed by atoms with Crippen LogP contribution in [0.3, 0.4) is 0 Å². The number of para-hydroxylation sites is 1. The zero-order chi connectivity index (χ0) is 22.8. The van der Waals surface area contributed by atoms with E-state index in [1.165, 1.54) is 0 Å². The minimum Gasteiger partial charge on any atom is -0.480 e. The van der Waals surface area contributed by atoms with Crippen LogP contribution in [0.15, 0.2) is 66.7 Å². The second-order valence-electron chi connectivity index (χ2n) is 7.37. The van der Waals surface area contributed by atoms with Crippen LogP contribution in [0.5, 0.6) is 0 Å². The minimum atomic E-state index is -1.24. The Morgan fingerprint density at radius 2 is 1.69 bits per heavy atom. The summed E-state index contributed by atoms with van der Waals surface area (Å²) in [6.07, 6.45) is 0. The smallest absolute Gasteiger partial charge is 0.323 e. The molecule has 6 nitrogen and oxygen atoms in total. The Morgan fingerprint density at radius 3 is 2.34 bits per heavy atom. The molecule has 1 aromatic heterocycles. The first-order valence-electron chi connectivity index (χ1n) is 9.82. The standard InChI is InChI=1S/C24H19F2N3O3/c1-15-27-21-11-17(7-8-22(21)29(15)20-5-3-2-4-6-20)24(32)28(14-23(30)31)13-16-9-18(25)12-19(26)10-16/h2-12H,13-14H2,1H3,(H,30,31). The third-order valence-electron chi connectivity index (χ3n) is 4.99. The lowest BCUT2D eigenvalue weighted by Crippen LogP contribution is -2.35. The maximum absolute atomic E-state index is 13.5. The van der Waals surface area contributed by atoms with E-state index in [1.54, 1.807) is 18.2 Å². The molecule has 0 spiro atoms. The molecule has 1 amide bonds. The van der Waals surface area contributed by atoms with Crippen LogP contribution in [-0.2, 0) is 11.3 Å². The number of benzene rings is 3. The quantitative estimate of drug-likeness (QED) is 0.489. The second-order valence-corrected chi connectivity index (χ2v) is 7.37. The Morgan fingerprint density at radius 1 is 1.00 bits per heavy atom. The fourth-order valence-corrected chi connectivity index (χ4v) is 3.70. The molecule has 162 valence electrons. The van der Waals surface area contributed by atoms with Gasteiger partial charge in [-0.1, -0.05) is 18.2 Å². The number of carbonyl (C=O) groups is 2. The van der Waals surface area contributed by atoms with E-state index in [2.05, 4.69) is 4.98 Å². The summed E-state index contributed by atoms with van der Waals surface area (Å²) in [5.41, 5.74) is 2.68. The van der Waals surface area contributed by atoms with Gasteiger partial charge in [0.25, 0.3) is 5.91 Å². The number of fused-ring (bicyclic) bond motifs is 1. The molecule has 1 N–H and O–H groups in total. The van der Waals surface area contributed by atoms with Crippen LogP contribution < -0.4 is 0 Å². The molecule has 0 atom stereocenters. The van der Waals surface area contributed by atoms with Crippen LogP contribution in [0.4, 0.5) is 8.78 Å². The molecule has 0 saturated heterocycles. The minimum absolute atomic E-state index is 0.155. The number of carboxylic acid groups (broad SMARTS) is 1. The molecule has 0 aliphatic carbocycles. The van der Waals surface area contributed by atoms with E-state index in [4.69, 9.17) is 0 Å². The topological polar surface area (TPSA) is 75.4 Å². The van der Waals surface area contributed by atoms with Crippen molar-refractivity contribution in [3.05, 3.63) is 95.3 Å². The van der Waals surface area contributed by atoms with E-state index >= 15 is 0 Å². The molecule has 8 heteroatoms. The van der Waals surface area contributed by atoms with Crippen molar-refractivity contribution in [1.29, 1.82) is 0 Å². The zero-order valence-electron chi connectivity index (χ0n) is 17.1. The summed E-state index contributed by atoms with van der Waals surface area (Å²) in [5, 5.41) is 9.25. The lowest BCUT2D eigenvalue weighted by molar-refractivity contribution is -0.137. The van der Waals surface area contributed by atoms with Gasteiger partial charge >= 0.3 is 5.97 Å². The molecule has 1 heterocycles. The predicted molar refractivity (Wildman–Crippen MR) is 115 cm³/mol. The number of rotatable bonds is 6. The first-order valence-corrected chi connectivity index (χ1v) is 9.82. The molecular weight excluding hydrogens is 416 g/mol. The van der Waals surface area contributed by atoms with Gasteiger partial charge in [-0.05, 0) is 55.0 Å². The number of hydrogen-bond donors (Lipinski definition) is 1. The molecule has 4 rings (SSSR count). The summed E-state index contributed by atoms with van der Waals surface area (Å²) < 4.78 is 29.1. The van der Waals surface area contributed by atoms with E-state index in [0.717, 1.165) is 34.1 Å². The van der Waals surface area contributed by atoms with E-state index in [-0.39, 0.29) is 17.7 Å². The van der Waals surface area contributed by atoms with Crippen molar-refractivity contribution < 1.29 is 23.5 Å². The lowest BCUT2D eigenvalue weighted by atomic mass is 10.1. The summed E-state index contributed by atoms with van der Waals surface area (Å²) in [6.45, 7) is 0.978. The summed E-state index contributed by atoms with van der Waals surface area (Å²) >= 11 is 0. The summed E-state index contributed by atoms with van der Waals surface area (Å²) in [4.78, 5) is 30.0. The molecule has 3 aromatic carbocycles. The predicted octanol–water partition coefficient (Wildman–Crippen LogP) is 4.34. The van der Waals surface area contributed by atoms with E-state index in [9.17, 15) is 23.5 Å². The van der Waals surface area contributed by atoms with Gasteiger partial charge in [0.1, 0.15) is 24.0 Å². The molecule has 4 aromatic rings. The average molecular weight is 435 g/mol. The van der Waals surface area contributed by atoms with Crippen LogP contribution in [0.1, 0.15) is 21.7 Å². The van der Waals surface area contributed by atoms with Crippen LogP contribution in [-0.4, -0.2) is 38.0 Å². The highest BCUT2D eigenvalue weighted by atomic mass is 19.1. The van der Waals surface area contributed by atoms with Crippen molar-refractivity contribution in [2.75, 3.05) is 6.54 Å². The Hall–Kier alpha value is -4.07. The van der Waals surface area contributed by atoms with Crippen molar-refractivity contribution in [2.45, 2.75) is 13.5 Å². The van der Waals surface area contributed by atoms with Crippen LogP contribution in [0, 0.1) is 18.6 Å². The molecular formula is C24H19F2N3O3. The molecule has 0 unspecified atom stereocenters. The first-order chi connectivity index (χ1) is 15.3. The third kappa shape index (κ3) is 4.34. The van der Waals surface area contributed by atoms with Crippen LogP contribution >= 0.6 is 0 Å². The Balaban J connectivity index is 1.69. The van der Waals surface area contributed by atoms with Gasteiger partial charge in [-0.3, -0.25) is 14.2 Å². The van der Waals surface area contributed by atoms with Crippen LogP contribution in [0.25, 0.3) is 16.7 Å². The number of aryl methyl sites for hydroxylation is 1. The maximum Gasteiger partial charge on any atom is 0.323 e. The Kier molecular flexibility index (Phi) is 5.68. The number of carbonyl (C=O) groups excluding carboxylic acids is 1. The van der Waals surface area contributed by atoms with Gasteiger partial charge in [0.15, 0.2) is 0 Å². The maximum atomic E-state index is 13.5. The van der Waals surface area contributed by atoms with Crippen molar-refractivity contribution in [3.8, 4) is 5.69 Å². The second kappa shape index (κ2) is 8.58. The fraction of sp³-hybridized carbons (Fsp3) is 0.125. The Bertz CT molecular complexity index is 1300. The normalized spacial score (nSPS) is 11.0. The third-order valence-corrected chi connectivity index (χ3v) is 4.99. The highest BCUT2D eigenvalue weighted by molar-refractivity contribution is 5.98. The highest BCUT2D eigenvalue weighted by Crippen LogP contribution is 2.23. The molecule has 32 heavy (non-hydrogen) atoms. The van der Waals surface area contributed by atoms with Gasteiger partial charge in [-0.25, -0.2) is 13.8 Å². The molecule has 0 radical (unpaired) electrons.